The van der Waals surface area contributed by atoms with Crippen LogP contribution in [-0.4, -0.2) is 26.0 Å². The van der Waals surface area contributed by atoms with Gasteiger partial charge in [-0.2, -0.15) is 0 Å². The molecule has 0 atom stereocenters. The molecule has 0 aliphatic carbocycles. The molecule has 0 unspecified atom stereocenters. The van der Waals surface area contributed by atoms with Crippen molar-refractivity contribution in [3.05, 3.63) is 77.1 Å². The minimum absolute atomic E-state index is 0.0956. The second kappa shape index (κ2) is 10.1. The Balaban J connectivity index is 0.000000160. The molecule has 0 spiro atoms. The zero-order chi connectivity index (χ0) is 23.4. The fraction of sp³-hybridized carbons (Fsp3) is 0.346. The van der Waals surface area contributed by atoms with Crippen LogP contribution in [0.1, 0.15) is 49.1 Å². The van der Waals surface area contributed by atoms with E-state index in [1.165, 1.54) is 6.07 Å². The van der Waals surface area contributed by atoms with Crippen molar-refractivity contribution in [2.45, 2.75) is 53.8 Å². The number of nitrogens with zero attached hydrogens (tertiary/aromatic N) is 4. The summed E-state index contributed by atoms with van der Waals surface area (Å²) in [7, 11) is 0. The van der Waals surface area contributed by atoms with E-state index >= 15 is 0 Å². The van der Waals surface area contributed by atoms with E-state index < -0.39 is 0 Å². The van der Waals surface area contributed by atoms with E-state index in [4.69, 9.17) is 9.47 Å². The molecule has 172 valence electrons. The van der Waals surface area contributed by atoms with Gasteiger partial charge in [0.25, 0.3) is 0 Å². The third-order valence-corrected chi connectivity index (χ3v) is 5.78. The molecule has 4 aromatic rings. The molecular formula is C26H29FN4O2. The van der Waals surface area contributed by atoms with Crippen LogP contribution in [-0.2, 0) is 30.8 Å². The molecule has 5 heterocycles. The lowest BCUT2D eigenvalue weighted by Crippen LogP contribution is -2.05. The summed E-state index contributed by atoms with van der Waals surface area (Å²) >= 11 is 0. The summed E-state index contributed by atoms with van der Waals surface area (Å²) in [5.74, 6) is 1.69. The topological polar surface area (TPSA) is 61.5 Å². The summed E-state index contributed by atoms with van der Waals surface area (Å²) in [4.78, 5) is 13.3. The minimum atomic E-state index is -0.0956. The van der Waals surface area contributed by atoms with Gasteiger partial charge in [-0.25, -0.2) is 14.4 Å². The van der Waals surface area contributed by atoms with Gasteiger partial charge in [0.05, 0.1) is 36.7 Å². The molecule has 0 N–H and O–H groups in total. The fourth-order valence-electron chi connectivity index (χ4n) is 4.24. The molecule has 0 saturated heterocycles. The predicted molar refractivity (Wildman–Crippen MR) is 126 cm³/mol. The average molecular weight is 449 g/mol. The highest BCUT2D eigenvalue weighted by Gasteiger charge is 2.19. The van der Waals surface area contributed by atoms with Crippen LogP contribution in [0.3, 0.4) is 0 Å². The van der Waals surface area contributed by atoms with Gasteiger partial charge in [-0.1, -0.05) is 26.8 Å². The van der Waals surface area contributed by atoms with E-state index in [1.54, 1.807) is 18.6 Å². The molecule has 33 heavy (non-hydrogen) atoms. The number of rotatable bonds is 1. The molecule has 6 nitrogen and oxygen atoms in total. The Bertz CT molecular complexity index is 1270. The Kier molecular flexibility index (Phi) is 6.99. The van der Waals surface area contributed by atoms with Gasteiger partial charge in [0.1, 0.15) is 23.7 Å². The van der Waals surface area contributed by atoms with Crippen molar-refractivity contribution in [1.29, 1.82) is 0 Å². The van der Waals surface area contributed by atoms with Crippen molar-refractivity contribution < 1.29 is 13.9 Å². The van der Waals surface area contributed by atoms with Crippen LogP contribution in [0.5, 0.6) is 5.75 Å². The molecule has 2 aliphatic rings. The molecule has 6 rings (SSSR count). The smallest absolute Gasteiger partial charge is 0.126 e. The van der Waals surface area contributed by atoms with Crippen molar-refractivity contribution in [3.63, 3.8) is 0 Å². The van der Waals surface area contributed by atoms with Crippen molar-refractivity contribution in [2.75, 3.05) is 6.61 Å². The number of imidazole rings is 1. The Morgan fingerprint density at radius 1 is 1.03 bits per heavy atom. The monoisotopic (exact) mass is 448 g/mol. The normalized spacial score (nSPS) is 13.4. The molecule has 3 aromatic heterocycles. The van der Waals surface area contributed by atoms with E-state index in [9.17, 15) is 4.39 Å². The van der Waals surface area contributed by atoms with E-state index in [-0.39, 0.29) is 5.82 Å². The van der Waals surface area contributed by atoms with E-state index in [2.05, 4.69) is 21.0 Å². The largest absolute Gasteiger partial charge is 0.493 e. The number of halogens is 1. The van der Waals surface area contributed by atoms with Gasteiger partial charge in [-0.3, -0.25) is 9.38 Å². The zero-order valence-electron chi connectivity index (χ0n) is 19.6. The summed E-state index contributed by atoms with van der Waals surface area (Å²) in [6, 6.07) is 7.20. The first-order valence-electron chi connectivity index (χ1n) is 11.4. The average Bonchev–Trinajstić information content (AvgIpc) is 3.48. The Hall–Kier alpha value is -3.32. The van der Waals surface area contributed by atoms with Crippen molar-refractivity contribution >= 4 is 5.52 Å². The number of fused-ring (bicyclic) bond motifs is 3. The number of benzene rings is 1. The number of aryl methyl sites for hydroxylation is 1. The third kappa shape index (κ3) is 4.33. The predicted octanol–water partition coefficient (Wildman–Crippen LogP) is 5.48. The van der Waals surface area contributed by atoms with Gasteiger partial charge in [-0.05, 0) is 37.1 Å². The van der Waals surface area contributed by atoms with Crippen LogP contribution >= 0.6 is 0 Å². The first-order valence-corrected chi connectivity index (χ1v) is 11.4. The standard InChI is InChI=1S/C14H12N4O.C10H11FO.C2H6/c1-9-16-5-11-10-3-2-4-15-12(10)6-19-7-13-14(11)18(9)8-17-13;1-2-7-8-5-6-12-10(8)4-3-9(7)11;1-2/h2-5,8H,6-7H2,1H3;3-4H,2,5-6H2,1H3;1-2H3. The van der Waals surface area contributed by atoms with Gasteiger partial charge < -0.3 is 9.47 Å². The third-order valence-electron chi connectivity index (χ3n) is 5.78. The van der Waals surface area contributed by atoms with Crippen molar-refractivity contribution in [2.24, 2.45) is 0 Å². The summed E-state index contributed by atoms with van der Waals surface area (Å²) in [6.07, 6.45) is 7.11. The SMILES string of the molecule is CC.CCc1c(F)ccc2c1CCO2.Cc1ncc2c3c(ncn13)COCc1ncccc1-2. The van der Waals surface area contributed by atoms with Crippen molar-refractivity contribution in [1.82, 2.24) is 19.4 Å². The Morgan fingerprint density at radius 3 is 2.67 bits per heavy atom. The number of hydrogen-bond acceptors (Lipinski definition) is 5. The van der Waals surface area contributed by atoms with Crippen molar-refractivity contribution in [3.8, 4) is 16.9 Å². The van der Waals surface area contributed by atoms with Gasteiger partial charge in [0, 0.05) is 35.5 Å². The first kappa shape index (κ1) is 22.9. The number of aromatic nitrogens is 4. The molecule has 1 aromatic carbocycles. The first-order chi connectivity index (χ1) is 16.2. The molecule has 2 aliphatic heterocycles. The zero-order valence-corrected chi connectivity index (χ0v) is 19.6. The fourth-order valence-corrected chi connectivity index (χ4v) is 4.24. The van der Waals surface area contributed by atoms with Crippen LogP contribution < -0.4 is 4.74 Å². The Labute approximate surface area is 193 Å². The molecule has 0 radical (unpaired) electrons. The highest BCUT2D eigenvalue weighted by Crippen LogP contribution is 2.32. The lowest BCUT2D eigenvalue weighted by Gasteiger charge is -2.15. The summed E-state index contributed by atoms with van der Waals surface area (Å²) < 4.78 is 26.2. The maximum atomic E-state index is 13.2. The van der Waals surface area contributed by atoms with Crippen LogP contribution in [0.15, 0.2) is 43.0 Å². The van der Waals surface area contributed by atoms with Gasteiger partial charge in [0.2, 0.25) is 0 Å². The van der Waals surface area contributed by atoms with Crippen LogP contribution in [0, 0.1) is 12.7 Å². The van der Waals surface area contributed by atoms with E-state index in [1.807, 2.05) is 44.4 Å². The Morgan fingerprint density at radius 2 is 1.85 bits per heavy atom. The molecule has 7 heteroatoms. The van der Waals surface area contributed by atoms with Crippen LogP contribution in [0.4, 0.5) is 4.39 Å². The van der Waals surface area contributed by atoms with Crippen LogP contribution in [0.25, 0.3) is 16.6 Å². The lowest BCUT2D eigenvalue weighted by atomic mass is 10.0. The number of ether oxygens (including phenoxy) is 2. The summed E-state index contributed by atoms with van der Waals surface area (Å²) in [6.45, 7) is 9.65. The second-order valence-electron chi connectivity index (χ2n) is 7.57. The van der Waals surface area contributed by atoms with E-state index in [0.29, 0.717) is 19.8 Å². The highest BCUT2D eigenvalue weighted by molar-refractivity contribution is 5.83. The van der Waals surface area contributed by atoms with E-state index in [0.717, 1.165) is 63.6 Å². The number of hydrogen-bond donors (Lipinski definition) is 0. The molecule has 0 saturated carbocycles. The molecule has 0 fully saturated rings. The molecule has 0 amide bonds. The second-order valence-corrected chi connectivity index (χ2v) is 7.57. The van der Waals surface area contributed by atoms with Gasteiger partial charge >= 0.3 is 0 Å². The summed E-state index contributed by atoms with van der Waals surface area (Å²) in [5.41, 5.74) is 7.01. The van der Waals surface area contributed by atoms with Crippen LogP contribution in [0.2, 0.25) is 0 Å². The maximum Gasteiger partial charge on any atom is 0.126 e. The van der Waals surface area contributed by atoms with Gasteiger partial charge in [-0.15, -0.1) is 0 Å². The maximum absolute atomic E-state index is 13.2. The van der Waals surface area contributed by atoms with Gasteiger partial charge in [0.15, 0.2) is 0 Å². The number of pyridine rings is 1. The highest BCUT2D eigenvalue weighted by atomic mass is 19.1. The minimum Gasteiger partial charge on any atom is -0.493 e. The molecule has 0 bridgehead atoms. The molecular weight excluding hydrogens is 419 g/mol. The lowest BCUT2D eigenvalue weighted by molar-refractivity contribution is 0.103. The quantitative estimate of drug-likeness (QED) is 0.386. The summed E-state index contributed by atoms with van der Waals surface area (Å²) in [5, 5.41) is 0.